The summed E-state index contributed by atoms with van der Waals surface area (Å²) >= 11 is 6.26. The first kappa shape index (κ1) is 12.6. The average Bonchev–Trinajstić information content (AvgIpc) is 2.17. The third kappa shape index (κ3) is 2.55. The molecule has 0 aliphatic heterocycles. The largest absolute Gasteiger partial charge is 0.295 e. The van der Waals surface area contributed by atoms with E-state index in [1.54, 1.807) is 6.92 Å². The molecule has 2 rings (SSSR count). The van der Waals surface area contributed by atoms with Crippen molar-refractivity contribution in [1.82, 2.24) is 0 Å². The lowest BCUT2D eigenvalue weighted by Crippen LogP contribution is -2.26. The second-order valence-corrected chi connectivity index (χ2v) is 5.87. The Morgan fingerprint density at radius 3 is 2.47 bits per heavy atom. The van der Waals surface area contributed by atoms with Crippen molar-refractivity contribution in [2.75, 3.05) is 0 Å². The average molecular weight is 251 g/mol. The van der Waals surface area contributed by atoms with Crippen LogP contribution in [0.4, 0.5) is 0 Å². The second-order valence-electron chi connectivity index (χ2n) is 5.46. The molecule has 1 aromatic carbocycles. The number of hydrogen-bond acceptors (Lipinski definition) is 1. The predicted octanol–water partition coefficient (Wildman–Crippen LogP) is 4.69. The van der Waals surface area contributed by atoms with E-state index < -0.39 is 0 Å². The first-order chi connectivity index (χ1) is 7.99. The molecule has 1 fully saturated rings. The van der Waals surface area contributed by atoms with Crippen LogP contribution in [0, 0.1) is 11.8 Å². The zero-order valence-electron chi connectivity index (χ0n) is 10.7. The van der Waals surface area contributed by atoms with E-state index in [1.165, 1.54) is 18.4 Å². The summed E-state index contributed by atoms with van der Waals surface area (Å²) in [5.74, 6) is 2.27. The lowest BCUT2D eigenvalue weighted by atomic mass is 9.67. The minimum atomic E-state index is 0.0760. The van der Waals surface area contributed by atoms with Crippen LogP contribution in [-0.2, 0) is 0 Å². The molecule has 1 aliphatic rings. The number of halogens is 1. The summed E-state index contributed by atoms with van der Waals surface area (Å²) in [6, 6.07) is 5.73. The summed E-state index contributed by atoms with van der Waals surface area (Å²) in [6.07, 6.45) is 2.47. The highest BCUT2D eigenvalue weighted by atomic mass is 35.5. The summed E-state index contributed by atoms with van der Waals surface area (Å²) in [6.45, 7) is 6.13. The van der Waals surface area contributed by atoms with Gasteiger partial charge >= 0.3 is 0 Å². The van der Waals surface area contributed by atoms with Crippen molar-refractivity contribution in [2.24, 2.45) is 11.8 Å². The van der Waals surface area contributed by atoms with Crippen LogP contribution in [0.25, 0.3) is 0 Å². The molecule has 17 heavy (non-hydrogen) atoms. The number of ketones is 1. The number of carbonyl (C=O) groups is 1. The minimum Gasteiger partial charge on any atom is -0.295 e. The summed E-state index contributed by atoms with van der Waals surface area (Å²) < 4.78 is 0. The first-order valence-corrected chi connectivity index (χ1v) is 6.67. The van der Waals surface area contributed by atoms with Crippen molar-refractivity contribution in [1.29, 1.82) is 0 Å². The van der Waals surface area contributed by atoms with Gasteiger partial charge in [0.05, 0.1) is 0 Å². The van der Waals surface area contributed by atoms with Gasteiger partial charge in [0.25, 0.3) is 0 Å². The van der Waals surface area contributed by atoms with E-state index in [9.17, 15) is 4.79 Å². The second kappa shape index (κ2) is 4.81. The van der Waals surface area contributed by atoms with Crippen LogP contribution in [0.3, 0.4) is 0 Å². The van der Waals surface area contributed by atoms with Crippen LogP contribution in [0.2, 0.25) is 5.02 Å². The van der Waals surface area contributed by atoms with Gasteiger partial charge in [0, 0.05) is 10.6 Å². The molecule has 0 spiro atoms. The van der Waals surface area contributed by atoms with E-state index in [4.69, 9.17) is 11.6 Å². The summed E-state index contributed by atoms with van der Waals surface area (Å²) in [5.41, 5.74) is 1.92. The number of carbonyl (C=O) groups excluding carboxylic acids is 1. The molecule has 92 valence electrons. The van der Waals surface area contributed by atoms with Gasteiger partial charge in [0.15, 0.2) is 5.78 Å². The molecule has 0 radical (unpaired) electrons. The van der Waals surface area contributed by atoms with Gasteiger partial charge in [-0.2, -0.15) is 0 Å². The van der Waals surface area contributed by atoms with E-state index in [1.807, 2.05) is 18.2 Å². The van der Waals surface area contributed by atoms with Crippen LogP contribution >= 0.6 is 11.6 Å². The molecule has 0 N–H and O–H groups in total. The molecule has 0 unspecified atom stereocenters. The fourth-order valence-electron chi connectivity index (χ4n) is 2.54. The molecule has 0 atom stereocenters. The van der Waals surface area contributed by atoms with Gasteiger partial charge in [0.2, 0.25) is 0 Å². The molecule has 0 amide bonds. The molecule has 0 aromatic heterocycles. The fraction of sp³-hybridized carbons (Fsp3) is 0.533. The molecule has 0 heterocycles. The number of Topliss-reactive ketones (excluding diaryl/α,β-unsaturated/α-hetero) is 1. The molecule has 2 heteroatoms. The molecule has 0 saturated heterocycles. The van der Waals surface area contributed by atoms with Gasteiger partial charge < -0.3 is 0 Å². The summed E-state index contributed by atoms with van der Waals surface area (Å²) in [5, 5.41) is 0.755. The summed E-state index contributed by atoms with van der Waals surface area (Å²) in [4.78, 5) is 11.2. The number of rotatable bonds is 3. The SMILES string of the molecule is CC(=O)c1ccc([C@H]2C[C@@H](C(C)C)C2)c(Cl)c1. The Bertz CT molecular complexity index is 431. The molecule has 1 aromatic rings. The van der Waals surface area contributed by atoms with Crippen molar-refractivity contribution in [3.8, 4) is 0 Å². The smallest absolute Gasteiger partial charge is 0.159 e. The Hall–Kier alpha value is -0.820. The van der Waals surface area contributed by atoms with E-state index in [0.29, 0.717) is 11.5 Å². The zero-order valence-corrected chi connectivity index (χ0v) is 11.4. The van der Waals surface area contributed by atoms with Gasteiger partial charge in [0.1, 0.15) is 0 Å². The Labute approximate surface area is 108 Å². The monoisotopic (exact) mass is 250 g/mol. The lowest BCUT2D eigenvalue weighted by molar-refractivity contribution is 0.101. The van der Waals surface area contributed by atoms with Crippen molar-refractivity contribution < 1.29 is 4.79 Å². The van der Waals surface area contributed by atoms with Crippen LogP contribution in [0.1, 0.15) is 55.5 Å². The quantitative estimate of drug-likeness (QED) is 0.711. The Balaban J connectivity index is 2.11. The molecular formula is C15H19ClO. The molecule has 1 nitrogen and oxygen atoms in total. The highest BCUT2D eigenvalue weighted by Gasteiger charge is 2.33. The van der Waals surface area contributed by atoms with Gasteiger partial charge in [-0.1, -0.05) is 37.6 Å². The van der Waals surface area contributed by atoms with Crippen LogP contribution in [0.5, 0.6) is 0 Å². The normalized spacial score (nSPS) is 23.6. The lowest BCUT2D eigenvalue weighted by Gasteiger charge is -2.38. The van der Waals surface area contributed by atoms with Gasteiger partial charge in [-0.25, -0.2) is 0 Å². The topological polar surface area (TPSA) is 17.1 Å². The minimum absolute atomic E-state index is 0.0760. The number of hydrogen-bond donors (Lipinski definition) is 0. The Morgan fingerprint density at radius 1 is 1.35 bits per heavy atom. The van der Waals surface area contributed by atoms with E-state index in [0.717, 1.165) is 16.9 Å². The third-order valence-corrected chi connectivity index (χ3v) is 4.29. The third-order valence-electron chi connectivity index (χ3n) is 3.96. The molecular weight excluding hydrogens is 232 g/mol. The van der Waals surface area contributed by atoms with Crippen molar-refractivity contribution in [3.63, 3.8) is 0 Å². The van der Waals surface area contributed by atoms with Gasteiger partial charge in [-0.05, 0) is 49.1 Å². The standard InChI is InChI=1S/C15H19ClO/c1-9(2)12-6-13(7-12)14-5-4-11(10(3)17)8-15(14)16/h4-5,8-9,12-13H,6-7H2,1-3H3/t12-,13+. The van der Waals surface area contributed by atoms with Crippen LogP contribution in [0.15, 0.2) is 18.2 Å². The number of benzene rings is 1. The van der Waals surface area contributed by atoms with Gasteiger partial charge in [-0.3, -0.25) is 4.79 Å². The van der Waals surface area contributed by atoms with Crippen LogP contribution in [-0.4, -0.2) is 5.78 Å². The highest BCUT2D eigenvalue weighted by Crippen LogP contribution is 2.47. The zero-order chi connectivity index (χ0) is 12.6. The highest BCUT2D eigenvalue weighted by molar-refractivity contribution is 6.31. The van der Waals surface area contributed by atoms with E-state index in [2.05, 4.69) is 13.8 Å². The molecule has 1 saturated carbocycles. The Morgan fingerprint density at radius 2 is 2.00 bits per heavy atom. The fourth-order valence-corrected chi connectivity index (χ4v) is 2.87. The van der Waals surface area contributed by atoms with E-state index >= 15 is 0 Å². The van der Waals surface area contributed by atoms with Crippen molar-refractivity contribution in [3.05, 3.63) is 34.3 Å². The Kier molecular flexibility index (Phi) is 3.58. The van der Waals surface area contributed by atoms with Crippen molar-refractivity contribution >= 4 is 17.4 Å². The predicted molar refractivity (Wildman–Crippen MR) is 71.8 cm³/mol. The molecule has 0 bridgehead atoms. The first-order valence-electron chi connectivity index (χ1n) is 6.29. The van der Waals surface area contributed by atoms with E-state index in [-0.39, 0.29) is 5.78 Å². The molecule has 1 aliphatic carbocycles. The van der Waals surface area contributed by atoms with Gasteiger partial charge in [-0.15, -0.1) is 0 Å². The maximum Gasteiger partial charge on any atom is 0.159 e. The van der Waals surface area contributed by atoms with Crippen LogP contribution < -0.4 is 0 Å². The summed E-state index contributed by atoms with van der Waals surface area (Å²) in [7, 11) is 0. The van der Waals surface area contributed by atoms with Crippen molar-refractivity contribution in [2.45, 2.75) is 39.5 Å². The maximum absolute atomic E-state index is 11.2. The maximum atomic E-state index is 11.2.